The molecule has 78 valence electrons. The van der Waals surface area contributed by atoms with Gasteiger partial charge in [0.05, 0.1) is 12.1 Å². The zero-order chi connectivity index (χ0) is 10.1. The molecule has 1 atom stereocenters. The summed E-state index contributed by atoms with van der Waals surface area (Å²) in [6.45, 7) is 2.53. The molecule has 1 aromatic carbocycles. The predicted octanol–water partition coefficient (Wildman–Crippen LogP) is 1.22. The van der Waals surface area contributed by atoms with E-state index >= 15 is 0 Å². The van der Waals surface area contributed by atoms with Gasteiger partial charge < -0.3 is 10.1 Å². The van der Waals surface area contributed by atoms with Crippen LogP contribution >= 0.6 is 0 Å². The maximum absolute atomic E-state index is 5.69. The van der Waals surface area contributed by atoms with Gasteiger partial charge in [-0.15, -0.1) is 0 Å². The number of aromatic nitrogens is 2. The highest BCUT2D eigenvalue weighted by Crippen LogP contribution is 2.24. The Kier molecular flexibility index (Phi) is 2.16. The molecule has 0 aliphatic carbocycles. The van der Waals surface area contributed by atoms with Gasteiger partial charge in [0.1, 0.15) is 11.8 Å². The molecule has 0 amide bonds. The monoisotopic (exact) mass is 203 g/mol. The van der Waals surface area contributed by atoms with Crippen LogP contribution in [0.5, 0.6) is 0 Å². The van der Waals surface area contributed by atoms with E-state index in [0.29, 0.717) is 0 Å². The molecule has 1 aromatic heterocycles. The van der Waals surface area contributed by atoms with Crippen LogP contribution in [0.4, 0.5) is 0 Å². The minimum absolute atomic E-state index is 0.0786. The molecule has 4 heteroatoms. The molecule has 1 unspecified atom stereocenters. The number of H-pyrrole nitrogens is 1. The van der Waals surface area contributed by atoms with E-state index in [1.165, 1.54) is 0 Å². The summed E-state index contributed by atoms with van der Waals surface area (Å²) in [6.07, 6.45) is 0.0786. The van der Waals surface area contributed by atoms with Crippen molar-refractivity contribution in [3.8, 4) is 0 Å². The summed E-state index contributed by atoms with van der Waals surface area (Å²) in [4.78, 5) is 0. The number of para-hydroxylation sites is 1. The molecule has 15 heavy (non-hydrogen) atoms. The first-order chi connectivity index (χ1) is 7.45. The van der Waals surface area contributed by atoms with Gasteiger partial charge >= 0.3 is 0 Å². The Morgan fingerprint density at radius 1 is 1.33 bits per heavy atom. The summed E-state index contributed by atoms with van der Waals surface area (Å²) >= 11 is 0. The zero-order valence-electron chi connectivity index (χ0n) is 8.36. The lowest BCUT2D eigenvalue weighted by Gasteiger charge is -2.22. The van der Waals surface area contributed by atoms with E-state index in [4.69, 9.17) is 4.74 Å². The van der Waals surface area contributed by atoms with Gasteiger partial charge in [-0.05, 0) is 6.07 Å². The number of benzene rings is 1. The van der Waals surface area contributed by atoms with Crippen molar-refractivity contribution in [1.29, 1.82) is 0 Å². The Morgan fingerprint density at radius 2 is 2.27 bits per heavy atom. The van der Waals surface area contributed by atoms with Crippen LogP contribution in [0.25, 0.3) is 10.9 Å². The molecule has 1 aliphatic heterocycles. The summed E-state index contributed by atoms with van der Waals surface area (Å²) in [5, 5.41) is 11.8. The summed E-state index contributed by atoms with van der Waals surface area (Å²) in [6, 6.07) is 8.14. The Morgan fingerprint density at radius 3 is 3.13 bits per heavy atom. The number of hydrogen-bond acceptors (Lipinski definition) is 3. The van der Waals surface area contributed by atoms with Crippen LogP contribution in [0, 0.1) is 0 Å². The van der Waals surface area contributed by atoms with Crippen molar-refractivity contribution in [1.82, 2.24) is 15.5 Å². The van der Waals surface area contributed by atoms with Crippen molar-refractivity contribution in [3.05, 3.63) is 30.0 Å². The number of hydrogen-bond donors (Lipinski definition) is 2. The second kappa shape index (κ2) is 3.64. The lowest BCUT2D eigenvalue weighted by atomic mass is 10.1. The van der Waals surface area contributed by atoms with Crippen LogP contribution < -0.4 is 5.32 Å². The molecule has 1 fully saturated rings. The molecule has 4 nitrogen and oxygen atoms in total. The van der Waals surface area contributed by atoms with Crippen molar-refractivity contribution in [3.63, 3.8) is 0 Å². The molecule has 0 spiro atoms. The third kappa shape index (κ3) is 1.52. The lowest BCUT2D eigenvalue weighted by Crippen LogP contribution is -2.33. The fourth-order valence-corrected chi connectivity index (χ4v) is 1.97. The maximum Gasteiger partial charge on any atom is 0.114 e. The minimum Gasteiger partial charge on any atom is -0.369 e. The van der Waals surface area contributed by atoms with Gasteiger partial charge in [-0.1, -0.05) is 18.2 Å². The van der Waals surface area contributed by atoms with E-state index in [1.54, 1.807) is 0 Å². The second-order valence-electron chi connectivity index (χ2n) is 3.72. The Hall–Kier alpha value is -1.39. The van der Waals surface area contributed by atoms with E-state index < -0.39 is 0 Å². The highest BCUT2D eigenvalue weighted by molar-refractivity contribution is 5.81. The maximum atomic E-state index is 5.69. The van der Waals surface area contributed by atoms with Crippen molar-refractivity contribution < 1.29 is 4.74 Å². The number of nitrogens with one attached hydrogen (secondary N) is 2. The first-order valence-electron chi connectivity index (χ1n) is 5.20. The predicted molar refractivity (Wildman–Crippen MR) is 57.7 cm³/mol. The SMILES string of the molecule is c1ccc2c(C3CNCCO3)n[nH]c2c1. The summed E-state index contributed by atoms with van der Waals surface area (Å²) in [7, 11) is 0. The van der Waals surface area contributed by atoms with Gasteiger partial charge in [0.2, 0.25) is 0 Å². The zero-order valence-corrected chi connectivity index (χ0v) is 8.36. The second-order valence-corrected chi connectivity index (χ2v) is 3.72. The molecule has 1 saturated heterocycles. The number of morpholine rings is 1. The Bertz CT molecular complexity index is 460. The van der Waals surface area contributed by atoms with Gasteiger partial charge in [-0.2, -0.15) is 5.10 Å². The highest BCUT2D eigenvalue weighted by Gasteiger charge is 2.20. The first-order valence-corrected chi connectivity index (χ1v) is 5.20. The largest absolute Gasteiger partial charge is 0.369 e. The van der Waals surface area contributed by atoms with Crippen LogP contribution in [0.15, 0.2) is 24.3 Å². The minimum atomic E-state index is 0.0786. The Labute approximate surface area is 87.6 Å². The standard InChI is InChI=1S/C11H13N3O/c1-2-4-9-8(3-1)11(14-13-9)10-7-12-5-6-15-10/h1-4,10,12H,5-7H2,(H,13,14). The van der Waals surface area contributed by atoms with E-state index in [0.717, 1.165) is 36.3 Å². The van der Waals surface area contributed by atoms with E-state index in [2.05, 4.69) is 21.6 Å². The van der Waals surface area contributed by atoms with Crippen LogP contribution in [-0.4, -0.2) is 29.9 Å². The lowest BCUT2D eigenvalue weighted by molar-refractivity contribution is 0.0258. The fourth-order valence-electron chi connectivity index (χ4n) is 1.97. The molecular formula is C11H13N3O. The number of nitrogens with zero attached hydrogens (tertiary/aromatic N) is 1. The molecule has 2 aromatic rings. The third-order valence-corrected chi connectivity index (χ3v) is 2.73. The van der Waals surface area contributed by atoms with Crippen LogP contribution in [0.1, 0.15) is 11.8 Å². The van der Waals surface area contributed by atoms with Gasteiger partial charge in [0, 0.05) is 18.5 Å². The molecular weight excluding hydrogens is 190 g/mol. The van der Waals surface area contributed by atoms with Crippen molar-refractivity contribution in [2.45, 2.75) is 6.10 Å². The fraction of sp³-hybridized carbons (Fsp3) is 0.364. The van der Waals surface area contributed by atoms with Crippen LogP contribution in [0.2, 0.25) is 0 Å². The van der Waals surface area contributed by atoms with Crippen LogP contribution in [-0.2, 0) is 4.74 Å². The van der Waals surface area contributed by atoms with Crippen LogP contribution in [0.3, 0.4) is 0 Å². The first kappa shape index (κ1) is 8.88. The molecule has 0 saturated carbocycles. The topological polar surface area (TPSA) is 49.9 Å². The van der Waals surface area contributed by atoms with Gasteiger partial charge in [0.25, 0.3) is 0 Å². The molecule has 2 N–H and O–H groups in total. The van der Waals surface area contributed by atoms with E-state index in [9.17, 15) is 0 Å². The average Bonchev–Trinajstić information content (AvgIpc) is 2.74. The normalized spacial score (nSPS) is 22.0. The third-order valence-electron chi connectivity index (χ3n) is 2.73. The van der Waals surface area contributed by atoms with Gasteiger partial charge in [0.15, 0.2) is 0 Å². The number of fused-ring (bicyclic) bond motifs is 1. The smallest absolute Gasteiger partial charge is 0.114 e. The number of rotatable bonds is 1. The Balaban J connectivity index is 2.02. The number of aromatic amines is 1. The molecule has 0 bridgehead atoms. The summed E-state index contributed by atoms with van der Waals surface area (Å²) in [5.41, 5.74) is 2.08. The van der Waals surface area contributed by atoms with Crippen molar-refractivity contribution in [2.75, 3.05) is 19.7 Å². The van der Waals surface area contributed by atoms with Gasteiger partial charge in [-0.3, -0.25) is 5.10 Å². The summed E-state index contributed by atoms with van der Waals surface area (Å²) in [5.74, 6) is 0. The van der Waals surface area contributed by atoms with Gasteiger partial charge in [-0.25, -0.2) is 0 Å². The van der Waals surface area contributed by atoms with E-state index in [1.807, 2.05) is 18.2 Å². The molecule has 2 heterocycles. The number of ether oxygens (including phenoxy) is 1. The molecule has 3 rings (SSSR count). The summed E-state index contributed by atoms with van der Waals surface area (Å²) < 4.78 is 5.69. The van der Waals surface area contributed by atoms with Crippen molar-refractivity contribution >= 4 is 10.9 Å². The highest BCUT2D eigenvalue weighted by atomic mass is 16.5. The average molecular weight is 203 g/mol. The van der Waals surface area contributed by atoms with E-state index in [-0.39, 0.29) is 6.10 Å². The molecule has 0 radical (unpaired) electrons. The quantitative estimate of drug-likeness (QED) is 0.732. The molecule has 1 aliphatic rings. The van der Waals surface area contributed by atoms with Crippen molar-refractivity contribution in [2.24, 2.45) is 0 Å².